The number of nitro benzene ring substituents is 1. The van der Waals surface area contributed by atoms with Gasteiger partial charge in [-0.1, -0.05) is 0 Å². The Morgan fingerprint density at radius 1 is 1.45 bits per heavy atom. The summed E-state index contributed by atoms with van der Waals surface area (Å²) in [6, 6.07) is 6.35. The Labute approximate surface area is 121 Å². The van der Waals surface area contributed by atoms with Gasteiger partial charge in [-0.15, -0.1) is 0 Å². The van der Waals surface area contributed by atoms with Gasteiger partial charge in [-0.3, -0.25) is 20.2 Å². The third kappa shape index (κ3) is 3.29. The summed E-state index contributed by atoms with van der Waals surface area (Å²) in [5, 5.41) is 13.8. The van der Waals surface area contributed by atoms with E-state index in [9.17, 15) is 14.9 Å². The second-order valence-corrected chi connectivity index (χ2v) is 5.55. The van der Waals surface area contributed by atoms with Gasteiger partial charge in [-0.05, 0) is 36.1 Å². The van der Waals surface area contributed by atoms with Crippen LogP contribution in [0.15, 0.2) is 24.3 Å². The van der Waals surface area contributed by atoms with Crippen LogP contribution in [0.5, 0.6) is 0 Å². The first-order valence-corrected chi connectivity index (χ1v) is 7.79. The van der Waals surface area contributed by atoms with Crippen molar-refractivity contribution in [2.24, 2.45) is 0 Å². The number of carbonyl (C=O) groups excluding carboxylic acids is 1. The molecule has 7 heteroatoms. The number of hydrogen-bond acceptors (Lipinski definition) is 5. The molecule has 108 valence electrons. The molecule has 0 radical (unpaired) electrons. The summed E-state index contributed by atoms with van der Waals surface area (Å²) in [6.45, 7) is 1.02. The molecule has 1 fully saturated rings. The molecule has 20 heavy (non-hydrogen) atoms. The predicted octanol–water partition coefficient (Wildman–Crippen LogP) is 1.78. The standard InChI is InChI=1S/C13H17N3O3S/c1-20-8-2-7-15-12(17)9-14-13(15)10-3-5-11(6-4-10)16(18)19/h3-6,13-14H,2,7-9H2,1H3. The van der Waals surface area contributed by atoms with Crippen molar-refractivity contribution in [3.63, 3.8) is 0 Å². The zero-order valence-electron chi connectivity index (χ0n) is 11.2. The Morgan fingerprint density at radius 3 is 2.75 bits per heavy atom. The van der Waals surface area contributed by atoms with Gasteiger partial charge in [-0.25, -0.2) is 0 Å². The van der Waals surface area contributed by atoms with Crippen LogP contribution in [0.3, 0.4) is 0 Å². The Kier molecular flexibility index (Phi) is 4.97. The van der Waals surface area contributed by atoms with Gasteiger partial charge in [0.05, 0.1) is 11.5 Å². The molecule has 1 N–H and O–H groups in total. The number of nitro groups is 1. The van der Waals surface area contributed by atoms with Crippen molar-refractivity contribution in [1.29, 1.82) is 0 Å². The fourth-order valence-corrected chi connectivity index (χ4v) is 2.67. The third-order valence-electron chi connectivity index (χ3n) is 3.25. The minimum Gasteiger partial charge on any atom is -0.322 e. The lowest BCUT2D eigenvalue weighted by atomic mass is 10.1. The van der Waals surface area contributed by atoms with Crippen molar-refractivity contribution in [3.05, 3.63) is 39.9 Å². The van der Waals surface area contributed by atoms with Gasteiger partial charge >= 0.3 is 0 Å². The Hall–Kier alpha value is -1.60. The van der Waals surface area contributed by atoms with Gasteiger partial charge in [0.2, 0.25) is 5.91 Å². The average Bonchev–Trinajstić information content (AvgIpc) is 2.81. The lowest BCUT2D eigenvalue weighted by molar-refractivity contribution is -0.384. The Balaban J connectivity index is 2.09. The molecular weight excluding hydrogens is 278 g/mol. The molecule has 0 aliphatic carbocycles. The number of nitrogens with one attached hydrogen (secondary N) is 1. The van der Waals surface area contributed by atoms with Gasteiger partial charge < -0.3 is 4.90 Å². The smallest absolute Gasteiger partial charge is 0.269 e. The maximum atomic E-state index is 11.9. The van der Waals surface area contributed by atoms with Crippen molar-refractivity contribution in [3.8, 4) is 0 Å². The molecule has 1 heterocycles. The van der Waals surface area contributed by atoms with Crippen LogP contribution in [0.25, 0.3) is 0 Å². The van der Waals surface area contributed by atoms with Crippen molar-refractivity contribution in [2.45, 2.75) is 12.6 Å². The van der Waals surface area contributed by atoms with E-state index in [0.29, 0.717) is 13.1 Å². The fraction of sp³-hybridized carbons (Fsp3) is 0.462. The minimum absolute atomic E-state index is 0.0620. The molecule has 1 amide bonds. The number of hydrogen-bond donors (Lipinski definition) is 1. The van der Waals surface area contributed by atoms with Crippen LogP contribution < -0.4 is 5.32 Å². The van der Waals surface area contributed by atoms with Crippen LogP contribution in [0.1, 0.15) is 18.2 Å². The number of benzene rings is 1. The van der Waals surface area contributed by atoms with Crippen LogP contribution in [0, 0.1) is 10.1 Å². The number of rotatable bonds is 6. The molecule has 0 bridgehead atoms. The highest BCUT2D eigenvalue weighted by atomic mass is 32.2. The van der Waals surface area contributed by atoms with Crippen molar-refractivity contribution < 1.29 is 9.72 Å². The molecule has 2 rings (SSSR count). The van der Waals surface area contributed by atoms with Crippen molar-refractivity contribution in [2.75, 3.05) is 25.1 Å². The van der Waals surface area contributed by atoms with E-state index in [1.807, 2.05) is 6.26 Å². The average molecular weight is 295 g/mol. The molecule has 1 aromatic rings. The van der Waals surface area contributed by atoms with Crippen molar-refractivity contribution in [1.82, 2.24) is 10.2 Å². The highest BCUT2D eigenvalue weighted by molar-refractivity contribution is 7.98. The molecule has 1 saturated heterocycles. The summed E-state index contributed by atoms with van der Waals surface area (Å²) < 4.78 is 0. The summed E-state index contributed by atoms with van der Waals surface area (Å²) in [4.78, 5) is 23.9. The lowest BCUT2D eigenvalue weighted by Gasteiger charge is -2.24. The second kappa shape index (κ2) is 6.71. The van der Waals surface area contributed by atoms with Crippen LogP contribution in [-0.2, 0) is 4.79 Å². The quantitative estimate of drug-likeness (QED) is 0.492. The topological polar surface area (TPSA) is 75.5 Å². The van der Waals surface area contributed by atoms with E-state index in [1.165, 1.54) is 12.1 Å². The Morgan fingerprint density at radius 2 is 2.15 bits per heavy atom. The Bertz CT molecular complexity index is 492. The van der Waals surface area contributed by atoms with E-state index in [-0.39, 0.29) is 17.8 Å². The van der Waals surface area contributed by atoms with Crippen LogP contribution in [0.2, 0.25) is 0 Å². The number of carbonyl (C=O) groups is 1. The largest absolute Gasteiger partial charge is 0.322 e. The number of amides is 1. The highest BCUT2D eigenvalue weighted by Gasteiger charge is 2.31. The fourth-order valence-electron chi connectivity index (χ4n) is 2.25. The summed E-state index contributed by atoms with van der Waals surface area (Å²) in [5.41, 5.74) is 0.942. The van der Waals surface area contributed by atoms with E-state index >= 15 is 0 Å². The second-order valence-electron chi connectivity index (χ2n) is 4.57. The molecule has 1 aliphatic rings. The van der Waals surface area contributed by atoms with E-state index in [2.05, 4.69) is 5.32 Å². The third-order valence-corrected chi connectivity index (χ3v) is 3.94. The number of thioether (sulfide) groups is 1. The number of non-ortho nitro benzene ring substituents is 1. The molecule has 0 saturated carbocycles. The van der Waals surface area contributed by atoms with Gasteiger partial charge in [0.25, 0.3) is 5.69 Å². The summed E-state index contributed by atoms with van der Waals surface area (Å²) in [7, 11) is 0. The van der Waals surface area contributed by atoms with E-state index in [0.717, 1.165) is 17.7 Å². The summed E-state index contributed by atoms with van der Waals surface area (Å²) in [5.74, 6) is 1.09. The summed E-state index contributed by atoms with van der Waals surface area (Å²) in [6.07, 6.45) is 2.81. The zero-order valence-corrected chi connectivity index (χ0v) is 12.1. The maximum Gasteiger partial charge on any atom is 0.269 e. The first kappa shape index (κ1) is 14.8. The molecule has 0 aromatic heterocycles. The monoisotopic (exact) mass is 295 g/mol. The van der Waals surface area contributed by atoms with Gasteiger partial charge in [0.15, 0.2) is 0 Å². The van der Waals surface area contributed by atoms with Crippen LogP contribution >= 0.6 is 11.8 Å². The first-order chi connectivity index (χ1) is 9.63. The minimum atomic E-state index is -0.423. The molecular formula is C13H17N3O3S. The predicted molar refractivity (Wildman–Crippen MR) is 78.6 cm³/mol. The van der Waals surface area contributed by atoms with Gasteiger partial charge in [0.1, 0.15) is 6.17 Å². The lowest BCUT2D eigenvalue weighted by Crippen LogP contribution is -2.31. The molecule has 1 aliphatic heterocycles. The van der Waals surface area contributed by atoms with Gasteiger partial charge in [0, 0.05) is 18.7 Å². The summed E-state index contributed by atoms with van der Waals surface area (Å²) >= 11 is 1.76. The zero-order chi connectivity index (χ0) is 14.5. The van der Waals surface area contributed by atoms with Crippen molar-refractivity contribution >= 4 is 23.4 Å². The van der Waals surface area contributed by atoms with Crippen LogP contribution in [-0.4, -0.2) is 40.8 Å². The molecule has 0 spiro atoms. The normalized spacial score (nSPS) is 18.6. The highest BCUT2D eigenvalue weighted by Crippen LogP contribution is 2.24. The first-order valence-electron chi connectivity index (χ1n) is 6.39. The maximum absolute atomic E-state index is 11.9. The molecule has 1 atom stereocenters. The van der Waals surface area contributed by atoms with Gasteiger partial charge in [-0.2, -0.15) is 11.8 Å². The van der Waals surface area contributed by atoms with E-state index < -0.39 is 4.92 Å². The molecule has 6 nitrogen and oxygen atoms in total. The van der Waals surface area contributed by atoms with E-state index in [1.54, 1.807) is 28.8 Å². The number of nitrogens with zero attached hydrogens (tertiary/aromatic N) is 2. The SMILES string of the molecule is CSCCCN1C(=O)CNC1c1ccc([N+](=O)[O-])cc1. The molecule has 1 aromatic carbocycles. The molecule has 1 unspecified atom stereocenters. The van der Waals surface area contributed by atoms with Crippen LogP contribution in [0.4, 0.5) is 5.69 Å². The van der Waals surface area contributed by atoms with E-state index in [4.69, 9.17) is 0 Å².